The number of fused-ring (bicyclic) bond motifs is 2. The maximum Gasteiger partial charge on any atom is 0.0601 e. The number of para-hydroxylation sites is 2. The molecule has 3 aromatic rings. The Bertz CT molecular complexity index is 814. The van der Waals surface area contributed by atoms with E-state index in [2.05, 4.69) is 66.4 Å². The zero-order chi connectivity index (χ0) is 15.1. The Morgan fingerprint density at radius 2 is 1.36 bits per heavy atom. The van der Waals surface area contributed by atoms with Gasteiger partial charge in [0.1, 0.15) is 0 Å². The van der Waals surface area contributed by atoms with Crippen molar-refractivity contribution in [2.24, 2.45) is 0 Å². The molecule has 4 rings (SSSR count). The first-order chi connectivity index (χ1) is 10.7. The Hall–Kier alpha value is -1.90. The van der Waals surface area contributed by atoms with Crippen LogP contribution in [-0.4, -0.2) is 0 Å². The van der Waals surface area contributed by atoms with Gasteiger partial charge < -0.3 is 4.90 Å². The van der Waals surface area contributed by atoms with E-state index in [0.29, 0.717) is 0 Å². The zero-order valence-electron chi connectivity index (χ0n) is 12.1. The topological polar surface area (TPSA) is 3.24 Å². The van der Waals surface area contributed by atoms with Gasteiger partial charge in [-0.15, -0.1) is 0 Å². The van der Waals surface area contributed by atoms with E-state index in [4.69, 9.17) is 11.6 Å². The third-order valence-electron chi connectivity index (χ3n) is 3.83. The fraction of sp³-hybridized carbons (Fsp3) is 0.0526. The first kappa shape index (κ1) is 13.7. The van der Waals surface area contributed by atoms with E-state index in [9.17, 15) is 0 Å². The van der Waals surface area contributed by atoms with Crippen molar-refractivity contribution in [3.05, 3.63) is 77.3 Å². The molecule has 3 aromatic carbocycles. The van der Waals surface area contributed by atoms with Gasteiger partial charge >= 0.3 is 0 Å². The Kier molecular flexibility index (Phi) is 3.36. The first-order valence-corrected chi connectivity index (χ1v) is 8.36. The number of hydrogen-bond donors (Lipinski definition) is 0. The van der Waals surface area contributed by atoms with Crippen LogP contribution in [0, 0.1) is 6.92 Å². The van der Waals surface area contributed by atoms with Crippen LogP contribution < -0.4 is 4.90 Å². The molecule has 0 aliphatic carbocycles. The van der Waals surface area contributed by atoms with Crippen molar-refractivity contribution >= 4 is 40.4 Å². The maximum absolute atomic E-state index is 6.13. The summed E-state index contributed by atoms with van der Waals surface area (Å²) in [6, 6.07) is 23.1. The van der Waals surface area contributed by atoms with Crippen molar-refractivity contribution in [1.82, 2.24) is 0 Å². The number of nitrogens with zero attached hydrogens (tertiary/aromatic N) is 1. The van der Waals surface area contributed by atoms with Gasteiger partial charge in [0.15, 0.2) is 0 Å². The summed E-state index contributed by atoms with van der Waals surface area (Å²) in [7, 11) is 0. The molecule has 22 heavy (non-hydrogen) atoms. The fourth-order valence-electron chi connectivity index (χ4n) is 2.83. The maximum atomic E-state index is 6.13. The van der Waals surface area contributed by atoms with Crippen molar-refractivity contribution < 1.29 is 0 Å². The molecule has 0 unspecified atom stereocenters. The molecule has 0 saturated carbocycles. The summed E-state index contributed by atoms with van der Waals surface area (Å²) in [5.74, 6) is 0. The van der Waals surface area contributed by atoms with Gasteiger partial charge in [0.2, 0.25) is 0 Å². The largest absolute Gasteiger partial charge is 0.308 e. The van der Waals surface area contributed by atoms with Crippen molar-refractivity contribution in [1.29, 1.82) is 0 Å². The van der Waals surface area contributed by atoms with E-state index in [1.807, 2.05) is 23.9 Å². The molecule has 0 aromatic heterocycles. The monoisotopic (exact) mass is 323 g/mol. The molecule has 0 saturated heterocycles. The van der Waals surface area contributed by atoms with Crippen molar-refractivity contribution in [3.63, 3.8) is 0 Å². The summed E-state index contributed by atoms with van der Waals surface area (Å²) >= 11 is 7.96. The third-order valence-corrected chi connectivity index (χ3v) is 5.20. The summed E-state index contributed by atoms with van der Waals surface area (Å²) in [6.45, 7) is 2.11. The Balaban J connectivity index is 1.98. The van der Waals surface area contributed by atoms with E-state index < -0.39 is 0 Å². The van der Waals surface area contributed by atoms with Gasteiger partial charge in [0, 0.05) is 20.5 Å². The van der Waals surface area contributed by atoms with Gasteiger partial charge in [-0.05, 0) is 55.0 Å². The molecule has 0 N–H and O–H groups in total. The van der Waals surface area contributed by atoms with Gasteiger partial charge in [0.25, 0.3) is 0 Å². The molecule has 0 atom stereocenters. The second-order valence-electron chi connectivity index (χ2n) is 5.30. The average molecular weight is 324 g/mol. The van der Waals surface area contributed by atoms with Crippen LogP contribution in [-0.2, 0) is 0 Å². The number of hydrogen-bond acceptors (Lipinski definition) is 2. The minimum Gasteiger partial charge on any atom is -0.308 e. The van der Waals surface area contributed by atoms with Crippen molar-refractivity contribution in [3.8, 4) is 0 Å². The lowest BCUT2D eigenvalue weighted by Gasteiger charge is -2.33. The van der Waals surface area contributed by atoms with Gasteiger partial charge in [0.05, 0.1) is 11.4 Å². The molecule has 0 bridgehead atoms. The smallest absolute Gasteiger partial charge is 0.0601 e. The highest BCUT2D eigenvalue weighted by molar-refractivity contribution is 7.99. The number of anilines is 3. The highest BCUT2D eigenvalue weighted by Crippen LogP contribution is 2.51. The lowest BCUT2D eigenvalue weighted by atomic mass is 10.1. The highest BCUT2D eigenvalue weighted by Gasteiger charge is 2.24. The van der Waals surface area contributed by atoms with Crippen LogP contribution in [0.25, 0.3) is 0 Å². The van der Waals surface area contributed by atoms with Crippen LogP contribution in [0.2, 0.25) is 5.02 Å². The predicted octanol–water partition coefficient (Wildman–Crippen LogP) is 6.58. The van der Waals surface area contributed by atoms with E-state index >= 15 is 0 Å². The van der Waals surface area contributed by atoms with Gasteiger partial charge in [-0.3, -0.25) is 0 Å². The van der Waals surface area contributed by atoms with E-state index in [1.54, 1.807) is 0 Å². The normalized spacial score (nSPS) is 12.7. The van der Waals surface area contributed by atoms with E-state index in [1.165, 1.54) is 32.4 Å². The minimum absolute atomic E-state index is 0.772. The second kappa shape index (κ2) is 5.38. The van der Waals surface area contributed by atoms with Gasteiger partial charge in [-0.1, -0.05) is 47.6 Å². The molecule has 108 valence electrons. The SMILES string of the molecule is Cc1cc(Cl)ccc1N1c2ccccc2Sc2ccccc21. The van der Waals surface area contributed by atoms with Gasteiger partial charge in [-0.2, -0.15) is 0 Å². The molecule has 1 aliphatic heterocycles. The quantitative estimate of drug-likeness (QED) is 0.389. The third kappa shape index (κ3) is 2.20. The first-order valence-electron chi connectivity index (χ1n) is 7.16. The van der Waals surface area contributed by atoms with Crippen LogP contribution in [0.15, 0.2) is 76.5 Å². The summed E-state index contributed by atoms with van der Waals surface area (Å²) in [5, 5.41) is 0.772. The van der Waals surface area contributed by atoms with E-state index in [-0.39, 0.29) is 0 Å². The number of rotatable bonds is 1. The van der Waals surface area contributed by atoms with Crippen molar-refractivity contribution in [2.45, 2.75) is 16.7 Å². The standard InChI is InChI=1S/C19H14ClNS/c1-13-12-14(20)10-11-15(13)21-16-6-2-4-8-18(16)22-19-9-5-3-7-17(19)21/h2-12H,1H3. The molecule has 0 amide bonds. The molecule has 0 fully saturated rings. The van der Waals surface area contributed by atoms with Crippen molar-refractivity contribution in [2.75, 3.05) is 4.90 Å². The molecule has 1 heterocycles. The molecule has 0 radical (unpaired) electrons. The van der Waals surface area contributed by atoms with Gasteiger partial charge in [-0.25, -0.2) is 0 Å². The average Bonchev–Trinajstić information content (AvgIpc) is 2.53. The van der Waals surface area contributed by atoms with Crippen LogP contribution in [0.4, 0.5) is 17.1 Å². The number of aryl methyl sites for hydroxylation is 1. The Morgan fingerprint density at radius 1 is 0.773 bits per heavy atom. The number of benzene rings is 3. The van der Waals surface area contributed by atoms with Crippen LogP contribution in [0.3, 0.4) is 0 Å². The lowest BCUT2D eigenvalue weighted by molar-refractivity contribution is 1.15. The zero-order valence-corrected chi connectivity index (χ0v) is 13.7. The molecule has 0 spiro atoms. The summed E-state index contributed by atoms with van der Waals surface area (Å²) in [6.07, 6.45) is 0. The predicted molar refractivity (Wildman–Crippen MR) is 95.0 cm³/mol. The molecular weight excluding hydrogens is 310 g/mol. The lowest BCUT2D eigenvalue weighted by Crippen LogP contribution is -2.15. The van der Waals surface area contributed by atoms with E-state index in [0.717, 1.165) is 5.02 Å². The van der Waals surface area contributed by atoms with Crippen LogP contribution in [0.5, 0.6) is 0 Å². The van der Waals surface area contributed by atoms with Crippen LogP contribution in [0.1, 0.15) is 5.56 Å². The Morgan fingerprint density at radius 3 is 1.95 bits per heavy atom. The summed E-state index contributed by atoms with van der Waals surface area (Å²) < 4.78 is 0. The van der Waals surface area contributed by atoms with Crippen LogP contribution >= 0.6 is 23.4 Å². The summed E-state index contributed by atoms with van der Waals surface area (Å²) in [5.41, 5.74) is 4.78. The second-order valence-corrected chi connectivity index (χ2v) is 6.82. The fourth-order valence-corrected chi connectivity index (χ4v) is 4.12. The Labute approximate surface area is 139 Å². The molecular formula is C19H14ClNS. The molecule has 1 aliphatic rings. The molecule has 1 nitrogen and oxygen atoms in total. The highest BCUT2D eigenvalue weighted by atomic mass is 35.5. The molecule has 3 heteroatoms. The minimum atomic E-state index is 0.772. The summed E-state index contributed by atoms with van der Waals surface area (Å²) in [4.78, 5) is 4.87. The number of halogens is 1.